The summed E-state index contributed by atoms with van der Waals surface area (Å²) in [5.74, 6) is 0.169. The molecule has 0 fully saturated rings. The Morgan fingerprint density at radius 3 is 2.33 bits per heavy atom. The molecule has 2 aromatic rings. The number of ether oxygens (including phenoxy) is 1. The third-order valence-corrected chi connectivity index (χ3v) is 7.34. The number of methoxy groups -OCH3 is 1. The molecule has 0 saturated heterocycles. The zero-order valence-electron chi connectivity index (χ0n) is 21.9. The Labute approximate surface area is 215 Å². The number of carbonyl (C=O) groups is 2. The van der Waals surface area contributed by atoms with E-state index in [1.165, 1.54) is 11.4 Å². The molecule has 0 aliphatic carbocycles. The number of benzene rings is 2. The highest BCUT2D eigenvalue weighted by Crippen LogP contribution is 2.23. The van der Waals surface area contributed by atoms with Crippen LogP contribution in [0.25, 0.3) is 0 Å². The molecular weight excluding hydrogens is 478 g/mol. The molecule has 0 saturated carbocycles. The Morgan fingerprint density at radius 2 is 1.72 bits per heavy atom. The molecule has 9 heteroatoms. The molecule has 2 rings (SSSR count). The SMILES string of the molecule is CC[C@@H](C)NC(=O)[C@@H](C)N(CCc1ccccc1)C(=O)CCCN(c1cccc(OC)c1)S(C)(=O)=O. The van der Waals surface area contributed by atoms with Crippen LogP contribution in [0.3, 0.4) is 0 Å². The van der Waals surface area contributed by atoms with Crippen LogP contribution in [0.1, 0.15) is 45.6 Å². The van der Waals surface area contributed by atoms with Crippen LogP contribution < -0.4 is 14.4 Å². The summed E-state index contributed by atoms with van der Waals surface area (Å²) in [5.41, 5.74) is 1.55. The highest BCUT2D eigenvalue weighted by atomic mass is 32.2. The van der Waals surface area contributed by atoms with E-state index in [0.717, 1.165) is 18.2 Å². The second-order valence-electron chi connectivity index (χ2n) is 8.96. The number of amides is 2. The van der Waals surface area contributed by atoms with Crippen molar-refractivity contribution in [3.63, 3.8) is 0 Å². The van der Waals surface area contributed by atoms with Crippen LogP contribution >= 0.6 is 0 Å². The van der Waals surface area contributed by atoms with Gasteiger partial charge < -0.3 is 15.0 Å². The maximum absolute atomic E-state index is 13.3. The first-order valence-corrected chi connectivity index (χ1v) is 14.2. The van der Waals surface area contributed by atoms with Crippen molar-refractivity contribution in [1.29, 1.82) is 0 Å². The van der Waals surface area contributed by atoms with E-state index in [1.54, 1.807) is 36.1 Å². The number of hydrogen-bond donors (Lipinski definition) is 1. The van der Waals surface area contributed by atoms with Crippen molar-refractivity contribution < 1.29 is 22.7 Å². The number of nitrogens with zero attached hydrogens (tertiary/aromatic N) is 2. The number of carbonyl (C=O) groups excluding carboxylic acids is 2. The Morgan fingerprint density at radius 1 is 1.03 bits per heavy atom. The lowest BCUT2D eigenvalue weighted by Crippen LogP contribution is -2.50. The summed E-state index contributed by atoms with van der Waals surface area (Å²) in [4.78, 5) is 27.7. The second kappa shape index (κ2) is 13.9. The van der Waals surface area contributed by atoms with Crippen LogP contribution in [0.2, 0.25) is 0 Å². The normalized spacial score (nSPS) is 12.9. The van der Waals surface area contributed by atoms with Gasteiger partial charge in [-0.2, -0.15) is 0 Å². The van der Waals surface area contributed by atoms with Crippen LogP contribution in [-0.2, 0) is 26.0 Å². The standard InChI is InChI=1S/C27H39N3O5S/c1-6-21(2)28-27(32)22(3)29(19-17-23-12-8-7-9-13-23)26(31)16-11-18-30(36(5,33)34)24-14-10-15-25(20-24)35-4/h7-10,12-15,20-22H,6,11,16-19H2,1-5H3,(H,28,32)/t21-,22-/m1/s1. The Balaban J connectivity index is 2.12. The molecule has 0 unspecified atom stereocenters. The lowest BCUT2D eigenvalue weighted by Gasteiger charge is -2.30. The van der Waals surface area contributed by atoms with E-state index in [-0.39, 0.29) is 30.8 Å². The Hall–Kier alpha value is -3.07. The molecule has 2 amide bonds. The fourth-order valence-corrected chi connectivity index (χ4v) is 4.76. The van der Waals surface area contributed by atoms with Gasteiger partial charge in [0.25, 0.3) is 0 Å². The minimum Gasteiger partial charge on any atom is -0.497 e. The molecule has 0 aromatic heterocycles. The van der Waals surface area contributed by atoms with Crippen LogP contribution in [0.5, 0.6) is 5.75 Å². The monoisotopic (exact) mass is 517 g/mol. The predicted octanol–water partition coefficient (Wildman–Crippen LogP) is 3.62. The predicted molar refractivity (Wildman–Crippen MR) is 144 cm³/mol. The zero-order chi connectivity index (χ0) is 26.7. The van der Waals surface area contributed by atoms with Gasteiger partial charge in [0.05, 0.1) is 19.1 Å². The summed E-state index contributed by atoms with van der Waals surface area (Å²) >= 11 is 0. The number of rotatable bonds is 14. The maximum Gasteiger partial charge on any atom is 0.242 e. The molecule has 0 heterocycles. The highest BCUT2D eigenvalue weighted by Gasteiger charge is 2.27. The quantitative estimate of drug-likeness (QED) is 0.413. The number of hydrogen-bond acceptors (Lipinski definition) is 5. The van der Waals surface area contributed by atoms with Gasteiger partial charge in [0.1, 0.15) is 11.8 Å². The highest BCUT2D eigenvalue weighted by molar-refractivity contribution is 7.92. The van der Waals surface area contributed by atoms with E-state index >= 15 is 0 Å². The first-order chi connectivity index (χ1) is 17.1. The van der Waals surface area contributed by atoms with Crippen molar-refractivity contribution in [2.24, 2.45) is 0 Å². The molecule has 0 spiro atoms. The fraction of sp³-hybridized carbons (Fsp3) is 0.481. The van der Waals surface area contributed by atoms with Crippen molar-refractivity contribution in [2.75, 3.05) is 30.8 Å². The van der Waals surface area contributed by atoms with Gasteiger partial charge in [0.2, 0.25) is 21.8 Å². The first-order valence-electron chi connectivity index (χ1n) is 12.3. The Bertz CT molecular complexity index is 1090. The third-order valence-electron chi connectivity index (χ3n) is 6.15. The summed E-state index contributed by atoms with van der Waals surface area (Å²) in [6.07, 6.45) is 2.98. The van der Waals surface area contributed by atoms with E-state index in [0.29, 0.717) is 30.8 Å². The Kier molecular flexibility index (Phi) is 11.2. The van der Waals surface area contributed by atoms with Crippen LogP contribution in [-0.4, -0.2) is 63.7 Å². The van der Waals surface area contributed by atoms with E-state index in [9.17, 15) is 18.0 Å². The average Bonchev–Trinajstić information content (AvgIpc) is 2.86. The number of nitrogens with one attached hydrogen (secondary N) is 1. The molecule has 0 aliphatic rings. The molecule has 0 radical (unpaired) electrons. The fourth-order valence-electron chi connectivity index (χ4n) is 3.81. The van der Waals surface area contributed by atoms with Crippen molar-refractivity contribution in [3.8, 4) is 5.75 Å². The second-order valence-corrected chi connectivity index (χ2v) is 10.9. The largest absolute Gasteiger partial charge is 0.497 e. The average molecular weight is 518 g/mol. The summed E-state index contributed by atoms with van der Waals surface area (Å²) in [7, 11) is -2.05. The van der Waals surface area contributed by atoms with Gasteiger partial charge in [-0.15, -0.1) is 0 Å². The number of sulfonamides is 1. The molecular formula is C27H39N3O5S. The van der Waals surface area contributed by atoms with Gasteiger partial charge in [-0.05, 0) is 50.8 Å². The van der Waals surface area contributed by atoms with E-state index in [1.807, 2.05) is 44.2 Å². The third kappa shape index (κ3) is 8.86. The van der Waals surface area contributed by atoms with Gasteiger partial charge in [-0.25, -0.2) is 8.42 Å². The van der Waals surface area contributed by atoms with Gasteiger partial charge in [0, 0.05) is 31.6 Å². The number of anilines is 1. The lowest BCUT2D eigenvalue weighted by atomic mass is 10.1. The van der Waals surface area contributed by atoms with Crippen LogP contribution in [0, 0.1) is 0 Å². The van der Waals surface area contributed by atoms with Gasteiger partial charge in [-0.3, -0.25) is 13.9 Å². The maximum atomic E-state index is 13.3. The van der Waals surface area contributed by atoms with E-state index in [4.69, 9.17) is 4.74 Å². The van der Waals surface area contributed by atoms with Crippen molar-refractivity contribution in [2.45, 2.75) is 58.5 Å². The molecule has 198 valence electrons. The summed E-state index contributed by atoms with van der Waals surface area (Å²) in [6, 6.07) is 16.0. The topological polar surface area (TPSA) is 96.0 Å². The molecule has 2 aromatic carbocycles. The van der Waals surface area contributed by atoms with E-state index in [2.05, 4.69) is 5.32 Å². The smallest absolute Gasteiger partial charge is 0.242 e. The van der Waals surface area contributed by atoms with Crippen molar-refractivity contribution >= 4 is 27.5 Å². The zero-order valence-corrected chi connectivity index (χ0v) is 22.8. The molecule has 8 nitrogen and oxygen atoms in total. The van der Waals surface area contributed by atoms with Gasteiger partial charge >= 0.3 is 0 Å². The van der Waals surface area contributed by atoms with Crippen LogP contribution in [0.4, 0.5) is 5.69 Å². The van der Waals surface area contributed by atoms with Crippen molar-refractivity contribution in [3.05, 3.63) is 60.2 Å². The molecule has 2 atom stereocenters. The van der Waals surface area contributed by atoms with Gasteiger partial charge in [-0.1, -0.05) is 43.3 Å². The van der Waals surface area contributed by atoms with Crippen LogP contribution in [0.15, 0.2) is 54.6 Å². The van der Waals surface area contributed by atoms with E-state index < -0.39 is 16.1 Å². The molecule has 36 heavy (non-hydrogen) atoms. The summed E-state index contributed by atoms with van der Waals surface area (Å²) < 4.78 is 31.4. The lowest BCUT2D eigenvalue weighted by molar-refractivity contribution is -0.140. The summed E-state index contributed by atoms with van der Waals surface area (Å²) in [6.45, 7) is 6.18. The minimum atomic E-state index is -3.56. The minimum absolute atomic E-state index is 0.0113. The summed E-state index contributed by atoms with van der Waals surface area (Å²) in [5, 5.41) is 2.96. The molecule has 0 aliphatic heterocycles. The molecule has 0 bridgehead atoms. The van der Waals surface area contributed by atoms with Crippen molar-refractivity contribution in [1.82, 2.24) is 10.2 Å². The first kappa shape index (κ1) is 29.2. The van der Waals surface area contributed by atoms with Gasteiger partial charge in [0.15, 0.2) is 0 Å². The molecule has 1 N–H and O–H groups in total.